The van der Waals surface area contributed by atoms with E-state index < -0.39 is 8.80 Å². The van der Waals surface area contributed by atoms with Crippen molar-refractivity contribution in [3.63, 3.8) is 0 Å². The zero-order valence-corrected chi connectivity index (χ0v) is 14.5. The molecule has 0 aliphatic carbocycles. The van der Waals surface area contributed by atoms with E-state index in [1.807, 2.05) is 20.8 Å². The van der Waals surface area contributed by atoms with Crippen LogP contribution < -0.4 is 11.5 Å². The number of rotatable bonds is 14. The van der Waals surface area contributed by atoms with Crippen LogP contribution in [-0.2, 0) is 13.3 Å². The van der Waals surface area contributed by atoms with Gasteiger partial charge in [0.25, 0.3) is 0 Å². The molecular formula is C14H34N2O3Si. The van der Waals surface area contributed by atoms with Crippen LogP contribution in [0.25, 0.3) is 0 Å². The molecule has 6 heteroatoms. The minimum absolute atomic E-state index is 0.128. The molecule has 0 rings (SSSR count). The number of hydrogen-bond donors (Lipinski definition) is 2. The van der Waals surface area contributed by atoms with Gasteiger partial charge in [-0.25, -0.2) is 0 Å². The van der Waals surface area contributed by atoms with E-state index in [1.54, 1.807) is 0 Å². The van der Waals surface area contributed by atoms with Crippen molar-refractivity contribution in [2.75, 3.05) is 26.4 Å². The molecule has 0 aromatic heterocycles. The van der Waals surface area contributed by atoms with E-state index in [2.05, 4.69) is 0 Å². The van der Waals surface area contributed by atoms with Crippen LogP contribution in [0.1, 0.15) is 59.3 Å². The first-order valence-electron chi connectivity index (χ1n) is 8.04. The van der Waals surface area contributed by atoms with Crippen LogP contribution in [0.15, 0.2) is 0 Å². The van der Waals surface area contributed by atoms with Gasteiger partial charge in [-0.05, 0) is 40.2 Å². The first kappa shape index (κ1) is 20.0. The second-order valence-electron chi connectivity index (χ2n) is 4.85. The first-order valence-corrected chi connectivity index (χ1v) is 9.84. The second-order valence-corrected chi connectivity index (χ2v) is 7.67. The van der Waals surface area contributed by atoms with Gasteiger partial charge in [-0.2, -0.15) is 0 Å². The van der Waals surface area contributed by atoms with Crippen molar-refractivity contribution in [1.29, 1.82) is 0 Å². The first-order chi connectivity index (χ1) is 9.66. The highest BCUT2D eigenvalue weighted by atomic mass is 28.4. The predicted molar refractivity (Wildman–Crippen MR) is 85.4 cm³/mol. The van der Waals surface area contributed by atoms with Crippen molar-refractivity contribution in [1.82, 2.24) is 0 Å². The lowest BCUT2D eigenvalue weighted by Gasteiger charge is -2.33. The normalized spacial score (nSPS) is 13.7. The minimum Gasteiger partial charge on any atom is -0.373 e. The third-order valence-corrected chi connectivity index (χ3v) is 6.48. The summed E-state index contributed by atoms with van der Waals surface area (Å²) in [6, 6.07) is 0. The van der Waals surface area contributed by atoms with E-state index in [0.717, 1.165) is 25.8 Å². The lowest BCUT2D eigenvalue weighted by molar-refractivity contribution is 0.0610. The molecule has 1 atom stereocenters. The summed E-state index contributed by atoms with van der Waals surface area (Å²) in [5, 5.41) is 0. The van der Waals surface area contributed by atoms with Crippen molar-refractivity contribution in [2.45, 2.75) is 65.0 Å². The van der Waals surface area contributed by atoms with Crippen LogP contribution in [-0.4, -0.2) is 40.8 Å². The van der Waals surface area contributed by atoms with E-state index in [-0.39, 0.29) is 5.67 Å². The SMILES string of the molecule is CCO[Si](OCC)(OCC)C(N)CCCCCCCN. The van der Waals surface area contributed by atoms with Gasteiger partial charge < -0.3 is 24.7 Å². The number of hydrogen-bond acceptors (Lipinski definition) is 5. The molecule has 0 heterocycles. The fourth-order valence-electron chi connectivity index (χ4n) is 2.27. The average molecular weight is 307 g/mol. The lowest BCUT2D eigenvalue weighted by atomic mass is 10.1. The Labute approximate surface area is 125 Å². The van der Waals surface area contributed by atoms with Crippen LogP contribution in [0.4, 0.5) is 0 Å². The summed E-state index contributed by atoms with van der Waals surface area (Å²) in [5.74, 6) is 0. The number of unbranched alkanes of at least 4 members (excludes halogenated alkanes) is 4. The van der Waals surface area contributed by atoms with Crippen molar-refractivity contribution >= 4 is 8.80 Å². The number of nitrogens with two attached hydrogens (primary N) is 2. The van der Waals surface area contributed by atoms with Gasteiger partial charge in [-0.1, -0.05) is 25.7 Å². The molecule has 0 aromatic rings. The van der Waals surface area contributed by atoms with E-state index in [1.165, 1.54) is 19.3 Å². The highest BCUT2D eigenvalue weighted by Gasteiger charge is 2.46. The summed E-state index contributed by atoms with van der Waals surface area (Å²) >= 11 is 0. The van der Waals surface area contributed by atoms with Gasteiger partial charge >= 0.3 is 8.80 Å². The second kappa shape index (κ2) is 12.7. The Balaban J connectivity index is 4.20. The van der Waals surface area contributed by atoms with E-state index in [0.29, 0.717) is 19.8 Å². The van der Waals surface area contributed by atoms with Crippen LogP contribution >= 0.6 is 0 Å². The Morgan fingerprint density at radius 2 is 1.25 bits per heavy atom. The maximum Gasteiger partial charge on any atom is 0.518 e. The van der Waals surface area contributed by atoms with Crippen molar-refractivity contribution in [3.8, 4) is 0 Å². The zero-order valence-electron chi connectivity index (χ0n) is 13.5. The molecular weight excluding hydrogens is 272 g/mol. The van der Waals surface area contributed by atoms with Gasteiger partial charge in [0.1, 0.15) is 0 Å². The maximum absolute atomic E-state index is 6.32. The fourth-order valence-corrected chi connectivity index (χ4v) is 4.92. The van der Waals surface area contributed by atoms with Gasteiger partial charge in [0.05, 0.1) is 5.67 Å². The largest absolute Gasteiger partial charge is 0.518 e. The van der Waals surface area contributed by atoms with Crippen molar-refractivity contribution < 1.29 is 13.3 Å². The molecule has 4 N–H and O–H groups in total. The topological polar surface area (TPSA) is 79.7 Å². The predicted octanol–water partition coefficient (Wildman–Crippen LogP) is 2.20. The van der Waals surface area contributed by atoms with Crippen molar-refractivity contribution in [2.24, 2.45) is 11.5 Å². The third-order valence-electron chi connectivity index (χ3n) is 3.21. The molecule has 0 saturated heterocycles. The van der Waals surface area contributed by atoms with Crippen LogP contribution in [0, 0.1) is 0 Å². The molecule has 5 nitrogen and oxygen atoms in total. The molecule has 1 unspecified atom stereocenters. The summed E-state index contributed by atoms with van der Waals surface area (Å²) < 4.78 is 17.5. The highest BCUT2D eigenvalue weighted by molar-refractivity contribution is 6.62. The highest BCUT2D eigenvalue weighted by Crippen LogP contribution is 2.18. The van der Waals surface area contributed by atoms with E-state index >= 15 is 0 Å². The molecule has 0 spiro atoms. The van der Waals surface area contributed by atoms with E-state index in [4.69, 9.17) is 24.7 Å². The molecule has 0 saturated carbocycles. The summed E-state index contributed by atoms with van der Waals surface area (Å²) in [6.07, 6.45) is 6.71. The van der Waals surface area contributed by atoms with Gasteiger partial charge in [0.2, 0.25) is 0 Å². The smallest absolute Gasteiger partial charge is 0.373 e. The van der Waals surface area contributed by atoms with Gasteiger partial charge in [-0.15, -0.1) is 0 Å². The van der Waals surface area contributed by atoms with Crippen LogP contribution in [0.2, 0.25) is 0 Å². The molecule has 0 aliphatic rings. The van der Waals surface area contributed by atoms with Gasteiger partial charge in [-0.3, -0.25) is 0 Å². The molecule has 122 valence electrons. The monoisotopic (exact) mass is 306 g/mol. The van der Waals surface area contributed by atoms with E-state index in [9.17, 15) is 0 Å². The zero-order chi connectivity index (χ0) is 15.3. The maximum atomic E-state index is 6.32. The summed E-state index contributed by atoms with van der Waals surface area (Å²) in [4.78, 5) is 0. The Morgan fingerprint density at radius 1 is 0.800 bits per heavy atom. The Morgan fingerprint density at radius 3 is 1.70 bits per heavy atom. The quantitative estimate of drug-likeness (QED) is 0.380. The molecule has 0 aliphatic heterocycles. The molecule has 0 bridgehead atoms. The third kappa shape index (κ3) is 7.71. The Bertz CT molecular complexity index is 204. The Kier molecular flexibility index (Phi) is 12.7. The summed E-state index contributed by atoms with van der Waals surface area (Å²) in [6.45, 7) is 8.40. The van der Waals surface area contributed by atoms with Crippen molar-refractivity contribution in [3.05, 3.63) is 0 Å². The lowest BCUT2D eigenvalue weighted by Crippen LogP contribution is -2.60. The fraction of sp³-hybridized carbons (Fsp3) is 1.00. The average Bonchev–Trinajstić information content (AvgIpc) is 2.43. The summed E-state index contributed by atoms with van der Waals surface area (Å²) in [5.41, 5.74) is 11.7. The standard InChI is InChI=1S/C14H34N2O3Si/c1-4-17-20(18-5-2,19-6-3)14(16)12-10-8-7-9-11-13-15/h14H,4-13,15-16H2,1-3H3. The minimum atomic E-state index is -2.72. The molecule has 0 amide bonds. The van der Waals surface area contributed by atoms with Gasteiger partial charge in [0.15, 0.2) is 0 Å². The van der Waals surface area contributed by atoms with Crippen LogP contribution in [0.3, 0.4) is 0 Å². The molecule has 0 fully saturated rings. The molecule has 0 radical (unpaired) electrons. The van der Waals surface area contributed by atoms with Gasteiger partial charge in [0, 0.05) is 19.8 Å². The Hall–Kier alpha value is 0.0169. The summed E-state index contributed by atoms with van der Waals surface area (Å²) in [7, 11) is -2.72. The van der Waals surface area contributed by atoms with Crippen LogP contribution in [0.5, 0.6) is 0 Å². The molecule has 0 aromatic carbocycles. The molecule has 20 heavy (non-hydrogen) atoms.